The average molecular weight is 315 g/mol. The minimum atomic E-state index is -0.885. The third kappa shape index (κ3) is 3.12. The highest BCUT2D eigenvalue weighted by atomic mass is 16.6. The molecule has 1 unspecified atom stereocenters. The number of anilines is 1. The number of rotatable bonds is 2. The number of carbonyl (C=O) groups is 2. The Hall–Kier alpha value is -3.36. The summed E-state index contributed by atoms with van der Waals surface area (Å²) in [7, 11) is 0. The van der Waals surface area contributed by atoms with Crippen molar-refractivity contribution in [2.45, 2.75) is 6.10 Å². The van der Waals surface area contributed by atoms with E-state index < -0.39 is 17.9 Å². The van der Waals surface area contributed by atoms with E-state index in [1.807, 2.05) is 0 Å². The molecular formula is C14H13N5O4. The Bertz CT molecular complexity index is 751. The van der Waals surface area contributed by atoms with E-state index in [-0.39, 0.29) is 18.1 Å². The standard InChI is InChI=1S/C14H13N5O4/c15-12-11(16-5-6-17-12)14(21)19-18-13(20)10-7-22-8-3-1-2-4-9(8)23-10/h1-6,10H,7H2,(H2,15,17)(H,18,20)(H,19,21). The first-order valence-electron chi connectivity index (χ1n) is 6.70. The number of nitrogens with one attached hydrogen (secondary N) is 2. The number of benzene rings is 1. The summed E-state index contributed by atoms with van der Waals surface area (Å²) in [5, 5.41) is 0. The van der Waals surface area contributed by atoms with Crippen LogP contribution in [0.3, 0.4) is 0 Å². The first kappa shape index (κ1) is 14.6. The van der Waals surface area contributed by atoms with Crippen molar-refractivity contribution < 1.29 is 19.1 Å². The molecule has 1 atom stereocenters. The van der Waals surface area contributed by atoms with Crippen LogP contribution >= 0.6 is 0 Å². The maximum atomic E-state index is 12.0. The number of ether oxygens (including phenoxy) is 2. The minimum Gasteiger partial charge on any atom is -0.485 e. The summed E-state index contributed by atoms with van der Waals surface area (Å²) in [4.78, 5) is 31.4. The Morgan fingerprint density at radius 2 is 1.87 bits per heavy atom. The van der Waals surface area contributed by atoms with Crippen molar-refractivity contribution in [1.82, 2.24) is 20.8 Å². The van der Waals surface area contributed by atoms with Crippen molar-refractivity contribution in [3.05, 3.63) is 42.4 Å². The van der Waals surface area contributed by atoms with Gasteiger partial charge in [0, 0.05) is 12.4 Å². The maximum Gasteiger partial charge on any atom is 0.292 e. The highest BCUT2D eigenvalue weighted by Gasteiger charge is 2.27. The first-order valence-corrected chi connectivity index (χ1v) is 6.70. The summed E-state index contributed by atoms with van der Waals surface area (Å²) in [6.45, 7) is 0.0337. The molecule has 9 nitrogen and oxygen atoms in total. The second-order valence-corrected chi connectivity index (χ2v) is 4.60. The number of para-hydroxylation sites is 2. The van der Waals surface area contributed by atoms with Crippen LogP contribution in [0.25, 0.3) is 0 Å². The molecule has 118 valence electrons. The molecule has 0 saturated carbocycles. The van der Waals surface area contributed by atoms with Crippen LogP contribution in [0.15, 0.2) is 36.7 Å². The van der Waals surface area contributed by atoms with Crippen molar-refractivity contribution in [3.63, 3.8) is 0 Å². The molecule has 1 aliphatic rings. The largest absolute Gasteiger partial charge is 0.485 e. The van der Waals surface area contributed by atoms with Gasteiger partial charge < -0.3 is 15.2 Å². The van der Waals surface area contributed by atoms with E-state index in [4.69, 9.17) is 15.2 Å². The molecule has 1 aromatic carbocycles. The highest BCUT2D eigenvalue weighted by molar-refractivity contribution is 5.97. The number of nitrogens with two attached hydrogens (primary N) is 1. The van der Waals surface area contributed by atoms with Gasteiger partial charge in [0.05, 0.1) is 0 Å². The number of amides is 2. The van der Waals surface area contributed by atoms with E-state index in [0.29, 0.717) is 11.5 Å². The number of nitrogens with zero attached hydrogens (tertiary/aromatic N) is 2. The predicted molar refractivity (Wildman–Crippen MR) is 78.4 cm³/mol. The number of hydrazine groups is 1. The zero-order valence-corrected chi connectivity index (χ0v) is 11.9. The molecule has 0 aliphatic carbocycles. The summed E-state index contributed by atoms with van der Waals surface area (Å²) in [5.74, 6) is -0.252. The molecule has 1 aliphatic heterocycles. The van der Waals surface area contributed by atoms with Crippen molar-refractivity contribution in [2.24, 2.45) is 0 Å². The minimum absolute atomic E-state index is 0.0337. The molecule has 2 aromatic rings. The zero-order chi connectivity index (χ0) is 16.2. The van der Waals surface area contributed by atoms with Crippen LogP contribution in [0.4, 0.5) is 5.82 Å². The van der Waals surface area contributed by atoms with Crippen LogP contribution in [-0.4, -0.2) is 34.5 Å². The van der Waals surface area contributed by atoms with Gasteiger partial charge in [-0.25, -0.2) is 9.97 Å². The molecule has 2 amide bonds. The lowest BCUT2D eigenvalue weighted by atomic mass is 10.2. The number of fused-ring (bicyclic) bond motifs is 1. The lowest BCUT2D eigenvalue weighted by Gasteiger charge is -2.25. The lowest BCUT2D eigenvalue weighted by molar-refractivity contribution is -0.131. The molecule has 1 aromatic heterocycles. The molecular weight excluding hydrogens is 302 g/mol. The van der Waals surface area contributed by atoms with E-state index in [0.717, 1.165) is 0 Å². The van der Waals surface area contributed by atoms with Gasteiger partial charge >= 0.3 is 0 Å². The normalized spacial score (nSPS) is 15.6. The van der Waals surface area contributed by atoms with Gasteiger partial charge in [0.15, 0.2) is 23.0 Å². The van der Waals surface area contributed by atoms with Crippen molar-refractivity contribution >= 4 is 17.6 Å². The third-order valence-corrected chi connectivity index (χ3v) is 3.04. The Kier molecular flexibility index (Phi) is 3.91. The Labute approximate surface area is 130 Å². The fraction of sp³-hybridized carbons (Fsp3) is 0.143. The van der Waals surface area contributed by atoms with Gasteiger partial charge in [0.25, 0.3) is 11.8 Å². The molecule has 0 saturated heterocycles. The number of aromatic nitrogens is 2. The Morgan fingerprint density at radius 1 is 1.13 bits per heavy atom. The predicted octanol–water partition coefficient (Wildman–Crippen LogP) is -0.340. The number of hydrogen-bond donors (Lipinski definition) is 3. The molecule has 9 heteroatoms. The van der Waals surface area contributed by atoms with E-state index in [2.05, 4.69) is 20.8 Å². The molecule has 0 spiro atoms. The zero-order valence-electron chi connectivity index (χ0n) is 11.9. The Morgan fingerprint density at radius 3 is 2.65 bits per heavy atom. The van der Waals surface area contributed by atoms with E-state index in [1.165, 1.54) is 12.4 Å². The Balaban J connectivity index is 1.58. The van der Waals surface area contributed by atoms with Crippen molar-refractivity contribution in [2.75, 3.05) is 12.3 Å². The van der Waals surface area contributed by atoms with Gasteiger partial charge in [-0.2, -0.15) is 0 Å². The second kappa shape index (κ2) is 6.18. The van der Waals surface area contributed by atoms with Gasteiger partial charge in [-0.15, -0.1) is 0 Å². The second-order valence-electron chi connectivity index (χ2n) is 4.60. The topological polar surface area (TPSA) is 128 Å². The van der Waals surface area contributed by atoms with E-state index in [9.17, 15) is 9.59 Å². The summed E-state index contributed by atoms with van der Waals surface area (Å²) < 4.78 is 10.9. The molecule has 3 rings (SSSR count). The van der Waals surface area contributed by atoms with Crippen LogP contribution in [0.2, 0.25) is 0 Å². The smallest absolute Gasteiger partial charge is 0.292 e. The lowest BCUT2D eigenvalue weighted by Crippen LogP contribution is -2.51. The fourth-order valence-electron chi connectivity index (χ4n) is 1.93. The highest BCUT2D eigenvalue weighted by Crippen LogP contribution is 2.30. The van der Waals surface area contributed by atoms with Crippen molar-refractivity contribution in [1.29, 1.82) is 0 Å². The van der Waals surface area contributed by atoms with Gasteiger partial charge in [-0.3, -0.25) is 20.4 Å². The van der Waals surface area contributed by atoms with Gasteiger partial charge in [0.2, 0.25) is 6.10 Å². The average Bonchev–Trinajstić information content (AvgIpc) is 2.59. The first-order chi connectivity index (χ1) is 11.1. The third-order valence-electron chi connectivity index (χ3n) is 3.04. The molecule has 0 bridgehead atoms. The molecule has 23 heavy (non-hydrogen) atoms. The van der Waals surface area contributed by atoms with Crippen LogP contribution in [0.1, 0.15) is 10.5 Å². The van der Waals surface area contributed by atoms with E-state index in [1.54, 1.807) is 24.3 Å². The van der Waals surface area contributed by atoms with Gasteiger partial charge in [0.1, 0.15) is 6.61 Å². The monoisotopic (exact) mass is 315 g/mol. The molecule has 2 heterocycles. The number of hydrogen-bond acceptors (Lipinski definition) is 7. The molecule has 0 radical (unpaired) electrons. The van der Waals surface area contributed by atoms with Crippen LogP contribution in [0, 0.1) is 0 Å². The summed E-state index contributed by atoms with van der Waals surface area (Å²) in [6, 6.07) is 6.99. The summed E-state index contributed by atoms with van der Waals surface area (Å²) in [5.41, 5.74) is 9.89. The quantitative estimate of drug-likeness (QED) is 0.647. The maximum absolute atomic E-state index is 12.0. The SMILES string of the molecule is Nc1nccnc1C(=O)NNC(=O)C1COc2ccccc2O1. The van der Waals surface area contributed by atoms with E-state index >= 15 is 0 Å². The van der Waals surface area contributed by atoms with Crippen molar-refractivity contribution in [3.8, 4) is 11.5 Å². The van der Waals surface area contributed by atoms with Gasteiger partial charge in [-0.05, 0) is 12.1 Å². The van der Waals surface area contributed by atoms with Crippen LogP contribution in [0.5, 0.6) is 11.5 Å². The summed E-state index contributed by atoms with van der Waals surface area (Å²) >= 11 is 0. The number of carbonyl (C=O) groups excluding carboxylic acids is 2. The molecule has 4 N–H and O–H groups in total. The summed E-state index contributed by atoms with van der Waals surface area (Å²) in [6.07, 6.45) is 1.79. The number of nitrogen functional groups attached to an aromatic ring is 1. The fourth-order valence-corrected chi connectivity index (χ4v) is 1.93. The van der Waals surface area contributed by atoms with Crippen LogP contribution < -0.4 is 26.1 Å². The van der Waals surface area contributed by atoms with Crippen LogP contribution in [-0.2, 0) is 4.79 Å². The van der Waals surface area contributed by atoms with Gasteiger partial charge in [-0.1, -0.05) is 12.1 Å². The molecule has 0 fully saturated rings.